The van der Waals surface area contributed by atoms with Crippen LogP contribution in [0.15, 0.2) is 11.8 Å². The maximum absolute atomic E-state index is 11.6. The second kappa shape index (κ2) is 4.04. The highest BCUT2D eigenvalue weighted by atomic mass is 16.4. The summed E-state index contributed by atoms with van der Waals surface area (Å²) in [6.45, 7) is 5.80. The molecule has 1 rings (SSSR count). The molecule has 0 saturated heterocycles. The molecule has 0 heterocycles. The van der Waals surface area contributed by atoms with Gasteiger partial charge < -0.3 is 10.4 Å². The summed E-state index contributed by atoms with van der Waals surface area (Å²) in [4.78, 5) is 22.2. The second-order valence-corrected chi connectivity index (χ2v) is 4.77. The standard InChI is InChI=1S/C11H17NO3/c1-4-8(10(14)15)12-9(13)7-5-11(2,3)6-7/h4,7H,5-6H2,1-3H3,(H,12,13)(H,14,15)/b8-4-. The van der Waals surface area contributed by atoms with Gasteiger partial charge in [0, 0.05) is 5.92 Å². The lowest BCUT2D eigenvalue weighted by atomic mass is 9.64. The number of carboxylic acids is 1. The average Bonchev–Trinajstić information content (AvgIpc) is 2.09. The lowest BCUT2D eigenvalue weighted by molar-refractivity contribution is -0.137. The summed E-state index contributed by atoms with van der Waals surface area (Å²) >= 11 is 0. The zero-order valence-electron chi connectivity index (χ0n) is 9.33. The summed E-state index contributed by atoms with van der Waals surface area (Å²) in [7, 11) is 0. The number of carbonyl (C=O) groups excluding carboxylic acids is 1. The molecule has 1 aliphatic rings. The Bertz CT molecular complexity index is 310. The number of nitrogens with one attached hydrogen (secondary N) is 1. The van der Waals surface area contributed by atoms with Gasteiger partial charge in [-0.05, 0) is 25.2 Å². The first-order chi connectivity index (χ1) is 6.85. The van der Waals surface area contributed by atoms with Crippen molar-refractivity contribution in [2.75, 3.05) is 0 Å². The predicted octanol–water partition coefficient (Wildman–Crippen LogP) is 1.53. The highest BCUT2D eigenvalue weighted by Gasteiger charge is 2.40. The molecule has 0 aromatic carbocycles. The normalized spacial score (nSPS) is 20.6. The zero-order valence-corrected chi connectivity index (χ0v) is 9.33. The smallest absolute Gasteiger partial charge is 0.352 e. The number of amides is 1. The van der Waals surface area contributed by atoms with Crippen LogP contribution in [0.25, 0.3) is 0 Å². The molecule has 1 saturated carbocycles. The van der Waals surface area contributed by atoms with Gasteiger partial charge in [0.05, 0.1) is 0 Å². The molecule has 0 radical (unpaired) electrons. The van der Waals surface area contributed by atoms with Crippen molar-refractivity contribution < 1.29 is 14.7 Å². The van der Waals surface area contributed by atoms with Crippen molar-refractivity contribution in [2.45, 2.75) is 33.6 Å². The lowest BCUT2D eigenvalue weighted by Gasteiger charge is -2.41. The van der Waals surface area contributed by atoms with E-state index in [-0.39, 0.29) is 22.9 Å². The van der Waals surface area contributed by atoms with Crippen LogP contribution in [0.5, 0.6) is 0 Å². The molecule has 0 spiro atoms. The molecule has 0 unspecified atom stereocenters. The fraction of sp³-hybridized carbons (Fsp3) is 0.636. The highest BCUT2D eigenvalue weighted by Crippen LogP contribution is 2.44. The van der Waals surface area contributed by atoms with E-state index in [0.717, 1.165) is 12.8 Å². The highest BCUT2D eigenvalue weighted by molar-refractivity contribution is 5.93. The van der Waals surface area contributed by atoms with Crippen molar-refractivity contribution in [2.24, 2.45) is 11.3 Å². The van der Waals surface area contributed by atoms with E-state index in [0.29, 0.717) is 0 Å². The third kappa shape index (κ3) is 2.81. The minimum atomic E-state index is -1.09. The summed E-state index contributed by atoms with van der Waals surface area (Å²) < 4.78 is 0. The molecular weight excluding hydrogens is 194 g/mol. The monoisotopic (exact) mass is 211 g/mol. The fourth-order valence-electron chi connectivity index (χ4n) is 1.94. The van der Waals surface area contributed by atoms with E-state index in [1.807, 2.05) is 0 Å². The topological polar surface area (TPSA) is 66.4 Å². The van der Waals surface area contributed by atoms with Crippen LogP contribution in [-0.4, -0.2) is 17.0 Å². The summed E-state index contributed by atoms with van der Waals surface area (Å²) in [5.41, 5.74) is 0.186. The van der Waals surface area contributed by atoms with Crippen molar-refractivity contribution in [3.05, 3.63) is 11.8 Å². The minimum absolute atomic E-state index is 0.0331. The van der Waals surface area contributed by atoms with Gasteiger partial charge in [0.1, 0.15) is 5.70 Å². The van der Waals surface area contributed by atoms with Crippen molar-refractivity contribution in [1.29, 1.82) is 0 Å². The quantitative estimate of drug-likeness (QED) is 0.696. The SMILES string of the molecule is C/C=C(\NC(=O)C1CC(C)(C)C1)C(=O)O. The van der Waals surface area contributed by atoms with Crippen molar-refractivity contribution in [3.8, 4) is 0 Å². The Balaban J connectivity index is 2.47. The van der Waals surface area contributed by atoms with Gasteiger partial charge in [0.25, 0.3) is 0 Å². The van der Waals surface area contributed by atoms with Gasteiger partial charge in [0.2, 0.25) is 5.91 Å². The molecule has 0 aromatic rings. The molecular formula is C11H17NO3. The molecule has 1 fully saturated rings. The Labute approximate surface area is 89.4 Å². The summed E-state index contributed by atoms with van der Waals surface area (Å²) in [5, 5.41) is 11.1. The van der Waals surface area contributed by atoms with Gasteiger partial charge in [0.15, 0.2) is 0 Å². The number of aliphatic carboxylic acids is 1. The Kier molecular flexibility index (Phi) is 3.17. The molecule has 0 atom stereocenters. The number of hydrogen-bond donors (Lipinski definition) is 2. The Morgan fingerprint density at radius 2 is 1.93 bits per heavy atom. The maximum Gasteiger partial charge on any atom is 0.352 e. The third-order valence-electron chi connectivity index (χ3n) is 2.75. The van der Waals surface area contributed by atoms with Crippen LogP contribution in [0, 0.1) is 11.3 Å². The predicted molar refractivity (Wildman–Crippen MR) is 56.0 cm³/mol. The average molecular weight is 211 g/mol. The summed E-state index contributed by atoms with van der Waals surface area (Å²) in [5.74, 6) is -1.30. The van der Waals surface area contributed by atoms with Crippen LogP contribution in [-0.2, 0) is 9.59 Å². The minimum Gasteiger partial charge on any atom is -0.477 e. The van der Waals surface area contributed by atoms with Crippen molar-refractivity contribution in [1.82, 2.24) is 5.32 Å². The van der Waals surface area contributed by atoms with E-state index in [9.17, 15) is 9.59 Å². The molecule has 15 heavy (non-hydrogen) atoms. The van der Waals surface area contributed by atoms with Crippen molar-refractivity contribution in [3.63, 3.8) is 0 Å². The van der Waals surface area contributed by atoms with Crippen LogP contribution in [0.1, 0.15) is 33.6 Å². The van der Waals surface area contributed by atoms with Gasteiger partial charge >= 0.3 is 5.97 Å². The van der Waals surface area contributed by atoms with E-state index in [2.05, 4.69) is 19.2 Å². The molecule has 4 heteroatoms. The number of carboxylic acid groups (broad SMARTS) is 1. The van der Waals surface area contributed by atoms with Crippen molar-refractivity contribution >= 4 is 11.9 Å². The van der Waals surface area contributed by atoms with Gasteiger partial charge in [-0.25, -0.2) is 4.79 Å². The lowest BCUT2D eigenvalue weighted by Crippen LogP contribution is -2.43. The van der Waals surface area contributed by atoms with Gasteiger partial charge in [-0.3, -0.25) is 4.79 Å². The van der Waals surface area contributed by atoms with E-state index >= 15 is 0 Å². The molecule has 0 bridgehead atoms. The third-order valence-corrected chi connectivity index (χ3v) is 2.75. The first kappa shape index (κ1) is 11.8. The number of carbonyl (C=O) groups is 2. The molecule has 0 aromatic heterocycles. The number of allylic oxidation sites excluding steroid dienone is 1. The van der Waals surface area contributed by atoms with E-state index in [4.69, 9.17) is 5.11 Å². The maximum atomic E-state index is 11.6. The number of hydrogen-bond acceptors (Lipinski definition) is 2. The molecule has 1 aliphatic carbocycles. The largest absolute Gasteiger partial charge is 0.477 e. The molecule has 2 N–H and O–H groups in total. The first-order valence-corrected chi connectivity index (χ1v) is 5.06. The van der Waals surface area contributed by atoms with Gasteiger partial charge in [-0.15, -0.1) is 0 Å². The first-order valence-electron chi connectivity index (χ1n) is 5.06. The zero-order chi connectivity index (χ0) is 11.6. The van der Waals surface area contributed by atoms with Crippen LogP contribution < -0.4 is 5.32 Å². The van der Waals surface area contributed by atoms with Crippen LogP contribution in [0.2, 0.25) is 0 Å². The molecule has 0 aliphatic heterocycles. The van der Waals surface area contributed by atoms with Gasteiger partial charge in [-0.2, -0.15) is 0 Å². The number of rotatable bonds is 3. The van der Waals surface area contributed by atoms with Gasteiger partial charge in [-0.1, -0.05) is 19.9 Å². The summed E-state index contributed by atoms with van der Waals surface area (Å²) in [6, 6.07) is 0. The summed E-state index contributed by atoms with van der Waals surface area (Å²) in [6.07, 6.45) is 3.05. The fourth-order valence-corrected chi connectivity index (χ4v) is 1.94. The molecule has 1 amide bonds. The van der Waals surface area contributed by atoms with E-state index < -0.39 is 5.97 Å². The second-order valence-electron chi connectivity index (χ2n) is 4.77. The van der Waals surface area contributed by atoms with E-state index in [1.54, 1.807) is 6.92 Å². The molecule has 4 nitrogen and oxygen atoms in total. The van der Waals surface area contributed by atoms with Crippen LogP contribution in [0.3, 0.4) is 0 Å². The Morgan fingerprint density at radius 1 is 1.40 bits per heavy atom. The van der Waals surface area contributed by atoms with E-state index in [1.165, 1.54) is 6.08 Å². The van der Waals surface area contributed by atoms with Crippen LogP contribution in [0.4, 0.5) is 0 Å². The molecule has 84 valence electrons. The Morgan fingerprint density at radius 3 is 2.27 bits per heavy atom. The Hall–Kier alpha value is -1.32. The van der Waals surface area contributed by atoms with Crippen LogP contribution >= 0.6 is 0 Å².